The van der Waals surface area contributed by atoms with E-state index in [2.05, 4.69) is 33.9 Å². The summed E-state index contributed by atoms with van der Waals surface area (Å²) in [6.45, 7) is 0.0149. The monoisotopic (exact) mass is 390 g/mol. The van der Waals surface area contributed by atoms with E-state index in [1.807, 2.05) is 0 Å². The Morgan fingerprint density at radius 1 is 1.04 bits per heavy atom. The molecule has 146 valence electrons. The molecule has 0 aromatic rings. The number of hydrogen-bond acceptors (Lipinski definition) is 7. The van der Waals surface area contributed by atoms with Gasteiger partial charge in [-0.2, -0.15) is 12.6 Å². The van der Waals surface area contributed by atoms with Gasteiger partial charge in [0, 0.05) is 5.75 Å². The van der Waals surface area contributed by atoms with E-state index in [9.17, 15) is 24.0 Å². The van der Waals surface area contributed by atoms with Gasteiger partial charge in [0.2, 0.25) is 17.7 Å². The van der Waals surface area contributed by atoms with Crippen molar-refractivity contribution in [2.24, 2.45) is 0 Å². The highest BCUT2D eigenvalue weighted by atomic mass is 32.1. The summed E-state index contributed by atoms with van der Waals surface area (Å²) in [4.78, 5) is 57.7. The first-order valence-electron chi connectivity index (χ1n) is 7.91. The molecular formula is C14H22N4O7S. The van der Waals surface area contributed by atoms with Crippen LogP contribution >= 0.6 is 12.6 Å². The van der Waals surface area contributed by atoms with Crippen molar-refractivity contribution in [1.29, 1.82) is 0 Å². The van der Waals surface area contributed by atoms with Crippen LogP contribution in [0.3, 0.4) is 0 Å². The number of carboxylic acids is 2. The molecule has 3 atom stereocenters. The Hall–Kier alpha value is -2.34. The van der Waals surface area contributed by atoms with Crippen LogP contribution in [0.1, 0.15) is 19.3 Å². The lowest BCUT2D eigenvalue weighted by atomic mass is 10.1. The number of hydrogen-bond donors (Lipinski definition) is 7. The number of nitrogens with one attached hydrogen (secondary N) is 4. The van der Waals surface area contributed by atoms with E-state index in [0.717, 1.165) is 6.42 Å². The lowest BCUT2D eigenvalue weighted by molar-refractivity contribution is -0.141. The number of rotatable bonds is 10. The van der Waals surface area contributed by atoms with Gasteiger partial charge < -0.3 is 31.5 Å². The van der Waals surface area contributed by atoms with Gasteiger partial charge in [0.1, 0.15) is 18.6 Å². The third kappa shape index (κ3) is 7.27. The minimum Gasteiger partial charge on any atom is -0.481 e. The zero-order valence-electron chi connectivity index (χ0n) is 13.9. The van der Waals surface area contributed by atoms with Crippen molar-refractivity contribution in [3.05, 3.63) is 0 Å². The number of carbonyl (C=O) groups excluding carboxylic acids is 3. The molecule has 0 aromatic heterocycles. The predicted octanol–water partition coefficient (Wildman–Crippen LogP) is -2.69. The summed E-state index contributed by atoms with van der Waals surface area (Å²) in [6.07, 6.45) is 0.698. The number of carbonyl (C=O) groups is 5. The van der Waals surface area contributed by atoms with Gasteiger partial charge in [-0.1, -0.05) is 0 Å². The Balaban J connectivity index is 2.70. The van der Waals surface area contributed by atoms with Crippen LogP contribution in [0.25, 0.3) is 0 Å². The molecule has 0 saturated carbocycles. The van der Waals surface area contributed by atoms with Crippen LogP contribution in [0.5, 0.6) is 0 Å². The van der Waals surface area contributed by atoms with E-state index in [1.54, 1.807) is 0 Å². The van der Waals surface area contributed by atoms with Crippen LogP contribution in [0, 0.1) is 0 Å². The van der Waals surface area contributed by atoms with Gasteiger partial charge in [0.25, 0.3) is 0 Å². The fourth-order valence-electron chi connectivity index (χ4n) is 2.32. The van der Waals surface area contributed by atoms with Crippen LogP contribution < -0.4 is 21.3 Å². The highest BCUT2D eigenvalue weighted by Crippen LogP contribution is 2.06. The largest absolute Gasteiger partial charge is 0.481 e. The fourth-order valence-corrected chi connectivity index (χ4v) is 2.57. The van der Waals surface area contributed by atoms with Gasteiger partial charge in [0.05, 0.1) is 12.5 Å². The molecular weight excluding hydrogens is 368 g/mol. The third-order valence-electron chi connectivity index (χ3n) is 3.62. The molecule has 6 N–H and O–H groups in total. The molecule has 0 aliphatic carbocycles. The Kier molecular flexibility index (Phi) is 8.85. The Morgan fingerprint density at radius 3 is 2.23 bits per heavy atom. The van der Waals surface area contributed by atoms with Gasteiger partial charge in [-0.3, -0.25) is 24.0 Å². The van der Waals surface area contributed by atoms with Crippen molar-refractivity contribution >= 4 is 42.3 Å². The molecule has 0 radical (unpaired) electrons. The SMILES string of the molecule is O=C(O)CNC(=O)C(CS)NC(=O)C(CC(=O)O)NC(=O)C1CCCN1. The van der Waals surface area contributed by atoms with E-state index in [1.165, 1.54) is 0 Å². The predicted molar refractivity (Wildman–Crippen MR) is 91.6 cm³/mol. The quantitative estimate of drug-likeness (QED) is 0.197. The summed E-state index contributed by atoms with van der Waals surface area (Å²) in [5.74, 6) is -4.86. The van der Waals surface area contributed by atoms with E-state index >= 15 is 0 Å². The smallest absolute Gasteiger partial charge is 0.322 e. The van der Waals surface area contributed by atoms with Crippen LogP contribution in [0.4, 0.5) is 0 Å². The first kappa shape index (κ1) is 21.7. The Labute approximate surface area is 154 Å². The first-order chi connectivity index (χ1) is 12.2. The van der Waals surface area contributed by atoms with Gasteiger partial charge in [-0.05, 0) is 19.4 Å². The minimum absolute atomic E-state index is 0.144. The molecule has 0 spiro atoms. The molecule has 12 heteroatoms. The first-order valence-corrected chi connectivity index (χ1v) is 8.54. The second kappa shape index (κ2) is 10.6. The lowest BCUT2D eigenvalue weighted by Gasteiger charge is -2.22. The molecule has 11 nitrogen and oxygen atoms in total. The summed E-state index contributed by atoms with van der Waals surface area (Å²) in [5, 5.41) is 27.2. The average Bonchev–Trinajstić information content (AvgIpc) is 3.10. The van der Waals surface area contributed by atoms with Crippen LogP contribution in [-0.4, -0.2) is 76.8 Å². The van der Waals surface area contributed by atoms with Crippen LogP contribution in [0.2, 0.25) is 0 Å². The number of aliphatic carboxylic acids is 2. The maximum absolute atomic E-state index is 12.3. The van der Waals surface area contributed by atoms with Crippen molar-refractivity contribution in [2.45, 2.75) is 37.4 Å². The maximum Gasteiger partial charge on any atom is 0.322 e. The van der Waals surface area contributed by atoms with Crippen molar-refractivity contribution in [2.75, 3.05) is 18.8 Å². The number of amides is 3. The van der Waals surface area contributed by atoms with Crippen molar-refractivity contribution in [3.63, 3.8) is 0 Å². The maximum atomic E-state index is 12.3. The van der Waals surface area contributed by atoms with Crippen molar-refractivity contribution in [3.8, 4) is 0 Å². The van der Waals surface area contributed by atoms with Gasteiger partial charge in [-0.15, -0.1) is 0 Å². The van der Waals surface area contributed by atoms with E-state index < -0.39 is 60.8 Å². The molecule has 1 saturated heterocycles. The van der Waals surface area contributed by atoms with Gasteiger partial charge >= 0.3 is 11.9 Å². The Morgan fingerprint density at radius 2 is 1.73 bits per heavy atom. The lowest BCUT2D eigenvalue weighted by Crippen LogP contribution is -2.57. The van der Waals surface area contributed by atoms with Gasteiger partial charge in [0.15, 0.2) is 0 Å². The third-order valence-corrected chi connectivity index (χ3v) is 3.98. The second-order valence-electron chi connectivity index (χ2n) is 5.66. The molecule has 3 unspecified atom stereocenters. The van der Waals surface area contributed by atoms with Crippen LogP contribution in [-0.2, 0) is 24.0 Å². The second-order valence-corrected chi connectivity index (χ2v) is 6.03. The van der Waals surface area contributed by atoms with Crippen LogP contribution in [0.15, 0.2) is 0 Å². The molecule has 1 rings (SSSR count). The molecule has 1 heterocycles. The molecule has 1 aliphatic heterocycles. The number of carboxylic acid groups (broad SMARTS) is 2. The molecule has 0 bridgehead atoms. The molecule has 1 aliphatic rings. The highest BCUT2D eigenvalue weighted by Gasteiger charge is 2.31. The molecule has 3 amide bonds. The normalized spacial score (nSPS) is 18.4. The zero-order chi connectivity index (χ0) is 19.7. The Bertz CT molecular complexity index is 565. The standard InChI is InChI=1S/C14H22N4O7S/c19-10(20)4-8(17-13(24)7-2-1-3-15-7)14(25)18-9(6-26)12(23)16-5-11(21)22/h7-9,15,26H,1-6H2,(H,16,23)(H,17,24)(H,18,25)(H,19,20)(H,21,22). The zero-order valence-corrected chi connectivity index (χ0v) is 14.8. The van der Waals surface area contributed by atoms with E-state index in [4.69, 9.17) is 10.2 Å². The fraction of sp³-hybridized carbons (Fsp3) is 0.643. The highest BCUT2D eigenvalue weighted by molar-refractivity contribution is 7.80. The van der Waals surface area contributed by atoms with Crippen molar-refractivity contribution in [1.82, 2.24) is 21.3 Å². The topological polar surface area (TPSA) is 174 Å². The summed E-state index contributed by atoms with van der Waals surface area (Å²) in [7, 11) is 0. The summed E-state index contributed by atoms with van der Waals surface area (Å²) in [6, 6.07) is -3.06. The summed E-state index contributed by atoms with van der Waals surface area (Å²) in [5.41, 5.74) is 0. The molecule has 0 aromatic carbocycles. The van der Waals surface area contributed by atoms with Crippen molar-refractivity contribution < 1.29 is 34.2 Å². The summed E-state index contributed by atoms with van der Waals surface area (Å²) >= 11 is 3.92. The minimum atomic E-state index is -1.38. The molecule has 26 heavy (non-hydrogen) atoms. The molecule has 1 fully saturated rings. The average molecular weight is 390 g/mol. The summed E-state index contributed by atoms with van der Waals surface area (Å²) < 4.78 is 0. The van der Waals surface area contributed by atoms with Gasteiger partial charge in [-0.25, -0.2) is 0 Å². The van der Waals surface area contributed by atoms with E-state index in [0.29, 0.717) is 13.0 Å². The number of thiol groups is 1. The van der Waals surface area contributed by atoms with E-state index in [-0.39, 0.29) is 5.75 Å².